The number of carbonyl (C=O) groups excluding carboxylic acids is 1. The number of ketones is 1. The fourth-order valence-electron chi connectivity index (χ4n) is 3.69. The van der Waals surface area contributed by atoms with Gasteiger partial charge in [-0.2, -0.15) is 5.26 Å². The summed E-state index contributed by atoms with van der Waals surface area (Å²) >= 11 is 0. The first-order chi connectivity index (χ1) is 13.9. The monoisotopic (exact) mass is 410 g/mol. The molecule has 0 aliphatic carbocycles. The van der Waals surface area contributed by atoms with Crippen LogP contribution < -0.4 is 5.32 Å². The summed E-state index contributed by atoms with van der Waals surface area (Å²) < 4.78 is 23.2. The first-order valence-corrected chi connectivity index (χ1v) is 11.8. The van der Waals surface area contributed by atoms with Crippen molar-refractivity contribution < 1.29 is 13.2 Å². The molecule has 1 fully saturated rings. The van der Waals surface area contributed by atoms with Gasteiger partial charge in [0.15, 0.2) is 15.6 Å². The largest absolute Gasteiger partial charge is 0.307 e. The van der Waals surface area contributed by atoms with Gasteiger partial charge in [0.05, 0.1) is 22.9 Å². The predicted molar refractivity (Wildman–Crippen MR) is 113 cm³/mol. The lowest BCUT2D eigenvalue weighted by atomic mass is 9.90. The van der Waals surface area contributed by atoms with E-state index >= 15 is 0 Å². The van der Waals surface area contributed by atoms with E-state index in [0.29, 0.717) is 11.3 Å². The molecule has 0 spiro atoms. The molecule has 0 aromatic heterocycles. The molecule has 1 aliphatic rings. The van der Waals surface area contributed by atoms with Crippen LogP contribution in [0.5, 0.6) is 0 Å². The van der Waals surface area contributed by atoms with E-state index in [2.05, 4.69) is 11.4 Å². The van der Waals surface area contributed by atoms with Gasteiger partial charge in [-0.3, -0.25) is 4.79 Å². The van der Waals surface area contributed by atoms with Crippen molar-refractivity contribution in [1.29, 1.82) is 5.26 Å². The van der Waals surface area contributed by atoms with E-state index in [0.717, 1.165) is 42.5 Å². The van der Waals surface area contributed by atoms with Crippen molar-refractivity contribution in [2.24, 2.45) is 5.92 Å². The molecule has 0 saturated carbocycles. The Bertz CT molecular complexity index is 984. The molecule has 1 aliphatic heterocycles. The van der Waals surface area contributed by atoms with E-state index in [1.165, 1.54) is 6.26 Å². The van der Waals surface area contributed by atoms with Gasteiger partial charge in [0, 0.05) is 12.7 Å². The first kappa shape index (κ1) is 21.2. The highest BCUT2D eigenvalue weighted by Gasteiger charge is 2.23. The van der Waals surface area contributed by atoms with Crippen LogP contribution in [0.1, 0.15) is 31.2 Å². The summed E-state index contributed by atoms with van der Waals surface area (Å²) in [6.07, 6.45) is 5.05. The normalized spacial score (nSPS) is 18.0. The van der Waals surface area contributed by atoms with Crippen LogP contribution in [0.4, 0.5) is 0 Å². The van der Waals surface area contributed by atoms with Crippen molar-refractivity contribution in [1.82, 2.24) is 5.32 Å². The second-order valence-electron chi connectivity index (χ2n) is 7.70. The lowest BCUT2D eigenvalue weighted by Crippen LogP contribution is -2.41. The van der Waals surface area contributed by atoms with Gasteiger partial charge < -0.3 is 5.32 Å². The van der Waals surface area contributed by atoms with Crippen molar-refractivity contribution in [2.45, 2.75) is 43.0 Å². The quantitative estimate of drug-likeness (QED) is 0.754. The number of nitrogens with zero attached hydrogens (tertiary/aromatic N) is 1. The summed E-state index contributed by atoms with van der Waals surface area (Å²) in [5, 5.41) is 12.7. The molecule has 2 atom stereocenters. The Morgan fingerprint density at radius 3 is 2.24 bits per heavy atom. The minimum Gasteiger partial charge on any atom is -0.307 e. The number of carbonyl (C=O) groups is 1. The Hall–Kier alpha value is -2.49. The van der Waals surface area contributed by atoms with E-state index in [-0.39, 0.29) is 24.2 Å². The average molecular weight is 411 g/mol. The highest BCUT2D eigenvalue weighted by Crippen LogP contribution is 2.23. The molecule has 0 bridgehead atoms. The molecular weight excluding hydrogens is 384 g/mol. The van der Waals surface area contributed by atoms with Gasteiger partial charge in [0.25, 0.3) is 0 Å². The second kappa shape index (κ2) is 9.34. The number of nitriles is 1. The number of hydrogen-bond donors (Lipinski definition) is 1. The smallest absolute Gasteiger partial charge is 0.175 e. The number of sulfone groups is 1. The van der Waals surface area contributed by atoms with E-state index < -0.39 is 9.84 Å². The van der Waals surface area contributed by atoms with Gasteiger partial charge in [-0.15, -0.1) is 0 Å². The van der Waals surface area contributed by atoms with Crippen LogP contribution in [0.15, 0.2) is 53.4 Å². The van der Waals surface area contributed by atoms with Gasteiger partial charge in [-0.1, -0.05) is 42.8 Å². The molecule has 29 heavy (non-hydrogen) atoms. The summed E-state index contributed by atoms with van der Waals surface area (Å²) in [7, 11) is -3.21. The summed E-state index contributed by atoms with van der Waals surface area (Å²) in [5.74, 6) is -0.190. The minimum atomic E-state index is -3.21. The van der Waals surface area contributed by atoms with Gasteiger partial charge in [0.1, 0.15) is 0 Å². The van der Waals surface area contributed by atoms with Crippen molar-refractivity contribution in [3.05, 3.63) is 54.1 Å². The molecular formula is C23H26N2O3S. The maximum Gasteiger partial charge on any atom is 0.175 e. The molecule has 1 N–H and O–H groups in total. The fraction of sp³-hybridized carbons (Fsp3) is 0.391. The van der Waals surface area contributed by atoms with Crippen molar-refractivity contribution in [2.75, 3.05) is 12.8 Å². The molecule has 0 unspecified atom stereocenters. The molecule has 2 aromatic carbocycles. The number of benzene rings is 2. The topological polar surface area (TPSA) is 87.0 Å². The molecule has 1 heterocycles. The molecule has 1 saturated heterocycles. The number of nitrogens with one attached hydrogen (secondary N) is 1. The minimum absolute atomic E-state index is 0.100. The molecule has 0 radical (unpaired) electrons. The van der Waals surface area contributed by atoms with Crippen molar-refractivity contribution in [3.63, 3.8) is 0 Å². The summed E-state index contributed by atoms with van der Waals surface area (Å²) in [6.45, 7) is 0.875. The van der Waals surface area contributed by atoms with Crippen LogP contribution in [0.2, 0.25) is 0 Å². The van der Waals surface area contributed by atoms with Crippen molar-refractivity contribution in [3.8, 4) is 17.2 Å². The zero-order valence-corrected chi connectivity index (χ0v) is 17.4. The number of hydrogen-bond acceptors (Lipinski definition) is 5. The molecule has 2 aromatic rings. The Kier molecular flexibility index (Phi) is 6.83. The van der Waals surface area contributed by atoms with Gasteiger partial charge >= 0.3 is 0 Å². The molecule has 6 heteroatoms. The van der Waals surface area contributed by atoms with Gasteiger partial charge in [-0.25, -0.2) is 8.42 Å². The molecule has 3 rings (SSSR count). The Balaban J connectivity index is 1.63. The lowest BCUT2D eigenvalue weighted by Gasteiger charge is -2.23. The van der Waals surface area contributed by atoms with Crippen LogP contribution in [0.25, 0.3) is 11.1 Å². The SMILES string of the molecule is CS(=O)(=O)c1ccc(-c2ccc(C[C@@H](C#N)CC(=O)[C@@H]3CCCCN3)cc2)cc1. The first-order valence-electron chi connectivity index (χ1n) is 9.92. The number of piperidine rings is 1. The lowest BCUT2D eigenvalue weighted by molar-refractivity contribution is -0.122. The Morgan fingerprint density at radius 2 is 1.72 bits per heavy atom. The third-order valence-corrected chi connectivity index (χ3v) is 6.51. The predicted octanol–water partition coefficient (Wildman–Crippen LogP) is 3.54. The maximum atomic E-state index is 12.4. The Morgan fingerprint density at radius 1 is 1.10 bits per heavy atom. The van der Waals surface area contributed by atoms with E-state index in [4.69, 9.17) is 0 Å². The Labute approximate surface area is 172 Å². The van der Waals surface area contributed by atoms with Crippen LogP contribution in [-0.2, 0) is 21.1 Å². The third kappa shape index (κ3) is 5.75. The van der Waals surface area contributed by atoms with Crippen LogP contribution in [0, 0.1) is 17.2 Å². The van der Waals surface area contributed by atoms with Gasteiger partial charge in [-0.05, 0) is 54.6 Å². The summed E-state index contributed by atoms with van der Waals surface area (Å²) in [5.41, 5.74) is 2.92. The average Bonchev–Trinajstić information content (AvgIpc) is 2.74. The van der Waals surface area contributed by atoms with E-state index in [9.17, 15) is 18.5 Å². The number of rotatable bonds is 7. The molecule has 5 nitrogen and oxygen atoms in total. The maximum absolute atomic E-state index is 12.4. The van der Waals surface area contributed by atoms with Crippen LogP contribution in [-0.4, -0.2) is 33.0 Å². The standard InChI is InChI=1S/C23H26N2O3S/c1-29(27,28)21-11-9-20(10-12-21)19-7-5-17(6-8-19)14-18(16-24)15-23(26)22-4-2-3-13-25-22/h5-12,18,22,25H,2-4,13-15H2,1H3/t18-,22+/m1/s1. The molecule has 152 valence electrons. The summed E-state index contributed by atoms with van der Waals surface area (Å²) in [4.78, 5) is 12.7. The summed E-state index contributed by atoms with van der Waals surface area (Å²) in [6, 6.07) is 16.8. The van der Waals surface area contributed by atoms with Crippen LogP contribution >= 0.6 is 0 Å². The van der Waals surface area contributed by atoms with Crippen LogP contribution in [0.3, 0.4) is 0 Å². The fourth-order valence-corrected chi connectivity index (χ4v) is 4.32. The second-order valence-corrected chi connectivity index (χ2v) is 9.71. The zero-order chi connectivity index (χ0) is 20.9. The van der Waals surface area contributed by atoms with E-state index in [1.807, 2.05) is 24.3 Å². The zero-order valence-electron chi connectivity index (χ0n) is 16.6. The molecule has 0 amide bonds. The van der Waals surface area contributed by atoms with Gasteiger partial charge in [0.2, 0.25) is 0 Å². The van der Waals surface area contributed by atoms with E-state index in [1.54, 1.807) is 24.3 Å². The highest BCUT2D eigenvalue weighted by atomic mass is 32.2. The number of Topliss-reactive ketones (excluding diaryl/α,β-unsaturated/α-hetero) is 1. The highest BCUT2D eigenvalue weighted by molar-refractivity contribution is 7.90. The van der Waals surface area contributed by atoms with Crippen molar-refractivity contribution >= 4 is 15.6 Å². The third-order valence-electron chi connectivity index (χ3n) is 5.38.